The Labute approximate surface area is 164 Å². The molecular formula is C18H25N3O4S2. The summed E-state index contributed by atoms with van der Waals surface area (Å²) >= 11 is 1.77. The van der Waals surface area contributed by atoms with Crippen molar-refractivity contribution in [3.05, 3.63) is 29.8 Å². The summed E-state index contributed by atoms with van der Waals surface area (Å²) in [5.74, 6) is 2.08. The van der Waals surface area contributed by atoms with E-state index in [1.165, 1.54) is 12.1 Å². The lowest BCUT2D eigenvalue weighted by Crippen LogP contribution is -2.42. The van der Waals surface area contributed by atoms with E-state index in [1.54, 1.807) is 23.9 Å². The summed E-state index contributed by atoms with van der Waals surface area (Å²) in [6.45, 7) is 2.08. The molecule has 2 aliphatic heterocycles. The van der Waals surface area contributed by atoms with Crippen molar-refractivity contribution in [3.8, 4) is 0 Å². The maximum Gasteiger partial charge on any atom is 0.240 e. The third kappa shape index (κ3) is 5.46. The van der Waals surface area contributed by atoms with Gasteiger partial charge in [0.1, 0.15) is 0 Å². The zero-order valence-electron chi connectivity index (χ0n) is 15.3. The molecule has 2 fully saturated rings. The molecule has 148 valence electrons. The van der Waals surface area contributed by atoms with Gasteiger partial charge < -0.3 is 15.5 Å². The third-order valence-electron chi connectivity index (χ3n) is 4.89. The Morgan fingerprint density at radius 3 is 2.67 bits per heavy atom. The van der Waals surface area contributed by atoms with E-state index in [-0.39, 0.29) is 35.1 Å². The number of hydrogen-bond donors (Lipinski definition) is 2. The molecule has 9 heteroatoms. The van der Waals surface area contributed by atoms with Gasteiger partial charge in [0.05, 0.1) is 23.2 Å². The van der Waals surface area contributed by atoms with Crippen molar-refractivity contribution in [2.45, 2.75) is 23.8 Å². The maximum atomic E-state index is 12.4. The number of thioether (sulfide) groups is 1. The van der Waals surface area contributed by atoms with Crippen LogP contribution in [0.25, 0.3) is 0 Å². The van der Waals surface area contributed by atoms with Gasteiger partial charge in [0.15, 0.2) is 9.84 Å². The maximum absolute atomic E-state index is 12.4. The molecule has 27 heavy (non-hydrogen) atoms. The molecule has 0 aliphatic carbocycles. The molecule has 2 amide bonds. The fraction of sp³-hybridized carbons (Fsp3) is 0.556. The number of rotatable bonds is 6. The van der Waals surface area contributed by atoms with Crippen molar-refractivity contribution in [2.24, 2.45) is 5.92 Å². The monoisotopic (exact) mass is 411 g/mol. The molecule has 2 atom stereocenters. The second-order valence-electron chi connectivity index (χ2n) is 7.10. The molecule has 1 aromatic rings. The lowest BCUT2D eigenvalue weighted by molar-refractivity contribution is -0.131. The van der Waals surface area contributed by atoms with Crippen molar-refractivity contribution < 1.29 is 18.0 Å². The zero-order valence-corrected chi connectivity index (χ0v) is 16.9. The number of amides is 2. The second kappa shape index (κ2) is 8.62. The van der Waals surface area contributed by atoms with Crippen molar-refractivity contribution in [3.63, 3.8) is 0 Å². The van der Waals surface area contributed by atoms with Crippen LogP contribution in [-0.2, 0) is 25.8 Å². The molecule has 0 bridgehead atoms. The SMILES string of the molecule is CS(=O)(=O)c1ccc(CC(=O)NCC2CN[C@H](C(=O)N3CCSC3)C2)cc1. The average molecular weight is 412 g/mol. The highest BCUT2D eigenvalue weighted by Crippen LogP contribution is 2.20. The van der Waals surface area contributed by atoms with E-state index >= 15 is 0 Å². The second-order valence-corrected chi connectivity index (χ2v) is 10.2. The molecule has 3 rings (SSSR count). The van der Waals surface area contributed by atoms with Gasteiger partial charge in [-0.05, 0) is 30.0 Å². The Balaban J connectivity index is 1.42. The highest BCUT2D eigenvalue weighted by molar-refractivity contribution is 7.99. The van der Waals surface area contributed by atoms with Crippen molar-refractivity contribution in [1.29, 1.82) is 0 Å². The fourth-order valence-electron chi connectivity index (χ4n) is 3.32. The van der Waals surface area contributed by atoms with Crippen LogP contribution in [-0.4, -0.2) is 68.7 Å². The molecule has 2 aliphatic rings. The highest BCUT2D eigenvalue weighted by atomic mass is 32.2. The largest absolute Gasteiger partial charge is 0.355 e. The molecule has 1 aromatic carbocycles. The smallest absolute Gasteiger partial charge is 0.240 e. The molecule has 2 heterocycles. The lowest BCUT2D eigenvalue weighted by Gasteiger charge is -2.19. The van der Waals surface area contributed by atoms with Crippen LogP contribution >= 0.6 is 11.8 Å². The Kier molecular flexibility index (Phi) is 6.44. The molecule has 0 saturated carbocycles. The summed E-state index contributed by atoms with van der Waals surface area (Å²) in [6, 6.07) is 6.22. The van der Waals surface area contributed by atoms with Gasteiger partial charge in [-0.25, -0.2) is 8.42 Å². The van der Waals surface area contributed by atoms with Crippen LogP contribution in [0.4, 0.5) is 0 Å². The van der Waals surface area contributed by atoms with E-state index in [0.29, 0.717) is 6.54 Å². The van der Waals surface area contributed by atoms with Gasteiger partial charge in [-0.15, -0.1) is 11.8 Å². The number of nitrogens with one attached hydrogen (secondary N) is 2. The van der Waals surface area contributed by atoms with E-state index in [2.05, 4.69) is 10.6 Å². The molecular weight excluding hydrogens is 386 g/mol. The molecule has 0 radical (unpaired) electrons. The molecule has 2 N–H and O–H groups in total. The van der Waals surface area contributed by atoms with Gasteiger partial charge in [0.25, 0.3) is 0 Å². The number of carbonyl (C=O) groups excluding carboxylic acids is 2. The van der Waals surface area contributed by atoms with E-state index in [4.69, 9.17) is 0 Å². The normalized spacial score (nSPS) is 22.8. The minimum atomic E-state index is -3.23. The first-order valence-electron chi connectivity index (χ1n) is 8.98. The lowest BCUT2D eigenvalue weighted by atomic mass is 10.0. The zero-order chi connectivity index (χ0) is 19.4. The Hall–Kier alpha value is -1.58. The quantitative estimate of drug-likeness (QED) is 0.697. The van der Waals surface area contributed by atoms with E-state index in [1.807, 2.05) is 4.90 Å². The van der Waals surface area contributed by atoms with Crippen LogP contribution < -0.4 is 10.6 Å². The first kappa shape index (κ1) is 20.2. The highest BCUT2D eigenvalue weighted by Gasteiger charge is 2.33. The van der Waals surface area contributed by atoms with Crippen LogP contribution in [0.3, 0.4) is 0 Å². The van der Waals surface area contributed by atoms with Crippen LogP contribution in [0.1, 0.15) is 12.0 Å². The minimum absolute atomic E-state index is 0.104. The first-order chi connectivity index (χ1) is 12.8. The Bertz CT molecular complexity index is 789. The molecule has 7 nitrogen and oxygen atoms in total. The predicted octanol–water partition coefficient (Wildman–Crippen LogP) is 0.260. The van der Waals surface area contributed by atoms with Crippen molar-refractivity contribution in [1.82, 2.24) is 15.5 Å². The summed E-state index contributed by atoms with van der Waals surface area (Å²) in [4.78, 5) is 26.7. The molecule has 0 spiro atoms. The van der Waals surface area contributed by atoms with Crippen molar-refractivity contribution in [2.75, 3.05) is 37.5 Å². The number of hydrogen-bond acceptors (Lipinski definition) is 6. The van der Waals surface area contributed by atoms with E-state index in [0.717, 1.165) is 43.0 Å². The van der Waals surface area contributed by atoms with E-state index < -0.39 is 9.84 Å². The number of sulfone groups is 1. The molecule has 0 aromatic heterocycles. The number of benzene rings is 1. The number of carbonyl (C=O) groups is 2. The van der Waals surface area contributed by atoms with Crippen LogP contribution in [0.15, 0.2) is 29.2 Å². The van der Waals surface area contributed by atoms with Gasteiger partial charge in [-0.3, -0.25) is 9.59 Å². The Morgan fingerprint density at radius 2 is 2.04 bits per heavy atom. The Morgan fingerprint density at radius 1 is 1.30 bits per heavy atom. The van der Waals surface area contributed by atoms with E-state index in [9.17, 15) is 18.0 Å². The first-order valence-corrected chi connectivity index (χ1v) is 12.0. The van der Waals surface area contributed by atoms with Crippen LogP contribution in [0.2, 0.25) is 0 Å². The number of nitrogens with zero attached hydrogens (tertiary/aromatic N) is 1. The third-order valence-corrected chi connectivity index (χ3v) is 6.98. The van der Waals surface area contributed by atoms with Gasteiger partial charge in [-0.1, -0.05) is 12.1 Å². The van der Waals surface area contributed by atoms with Gasteiger partial charge in [0, 0.05) is 31.6 Å². The minimum Gasteiger partial charge on any atom is -0.355 e. The fourth-order valence-corrected chi connectivity index (χ4v) is 4.91. The average Bonchev–Trinajstić information content (AvgIpc) is 3.31. The topological polar surface area (TPSA) is 95.6 Å². The van der Waals surface area contributed by atoms with Gasteiger partial charge in [0.2, 0.25) is 11.8 Å². The summed E-state index contributed by atoms with van der Waals surface area (Å²) in [5.41, 5.74) is 0.768. The summed E-state index contributed by atoms with van der Waals surface area (Å²) in [6.07, 6.45) is 2.10. The molecule has 1 unspecified atom stereocenters. The predicted molar refractivity (Wildman–Crippen MR) is 105 cm³/mol. The summed E-state index contributed by atoms with van der Waals surface area (Å²) in [7, 11) is -3.23. The van der Waals surface area contributed by atoms with Crippen LogP contribution in [0.5, 0.6) is 0 Å². The van der Waals surface area contributed by atoms with Crippen molar-refractivity contribution >= 4 is 33.4 Å². The molecule has 2 saturated heterocycles. The van der Waals surface area contributed by atoms with Gasteiger partial charge >= 0.3 is 0 Å². The van der Waals surface area contributed by atoms with Gasteiger partial charge in [-0.2, -0.15) is 0 Å². The summed E-state index contributed by atoms with van der Waals surface area (Å²) < 4.78 is 22.9. The summed E-state index contributed by atoms with van der Waals surface area (Å²) in [5, 5.41) is 6.19. The van der Waals surface area contributed by atoms with Crippen LogP contribution in [0, 0.1) is 5.92 Å². The standard InChI is InChI=1S/C18H25N3O4S2/c1-27(24,25)15-4-2-13(3-5-15)9-17(22)20-11-14-8-16(19-10-14)18(23)21-6-7-26-12-21/h2-5,14,16,19H,6-12H2,1H3,(H,20,22)/t14?,16-/m0/s1.